The lowest BCUT2D eigenvalue weighted by Crippen LogP contribution is -2.39. The number of hydrogen-bond donors (Lipinski definition) is 1. The van der Waals surface area contributed by atoms with Gasteiger partial charge in [-0.15, -0.1) is 0 Å². The molecule has 0 amide bonds. The zero-order chi connectivity index (χ0) is 12.5. The fraction of sp³-hybridized carbons (Fsp3) is 0.917. The Bertz CT molecular complexity index is 266. The fourth-order valence-corrected chi connectivity index (χ4v) is 2.99. The summed E-state index contributed by atoms with van der Waals surface area (Å²) in [6.45, 7) is 3.62. The molecule has 0 radical (unpaired) electrons. The smallest absolute Gasteiger partial charge is 0.251 e. The summed E-state index contributed by atoms with van der Waals surface area (Å²) in [5.41, 5.74) is 0. The van der Waals surface area contributed by atoms with Crippen LogP contribution in [0.25, 0.3) is 0 Å². The van der Waals surface area contributed by atoms with Crippen molar-refractivity contribution in [2.24, 2.45) is 23.7 Å². The van der Waals surface area contributed by atoms with Crippen molar-refractivity contribution in [1.29, 1.82) is 0 Å². The molecular formula is C12H20F2O2. The number of Topliss-reactive ketones (excluding diaryl/α,β-unsaturated/α-hetero) is 1. The molecule has 2 nitrogen and oxygen atoms in total. The van der Waals surface area contributed by atoms with Gasteiger partial charge < -0.3 is 5.11 Å². The molecule has 0 aromatic heterocycles. The number of alkyl halides is 2. The second-order valence-electron chi connectivity index (χ2n) is 5.02. The summed E-state index contributed by atoms with van der Waals surface area (Å²) in [6.07, 6.45) is 0.824. The molecule has 0 heterocycles. The first-order valence-corrected chi connectivity index (χ1v) is 5.77. The first kappa shape index (κ1) is 13.6. The third kappa shape index (κ3) is 2.26. The molecule has 4 atom stereocenters. The number of halogens is 2. The quantitative estimate of drug-likeness (QED) is 0.699. The van der Waals surface area contributed by atoms with Gasteiger partial charge in [0.2, 0.25) is 0 Å². The van der Waals surface area contributed by atoms with Crippen LogP contribution in [-0.2, 0) is 4.79 Å². The number of rotatable bonds is 0. The summed E-state index contributed by atoms with van der Waals surface area (Å²) in [6, 6.07) is 0. The zero-order valence-electron chi connectivity index (χ0n) is 10.0. The lowest BCUT2D eigenvalue weighted by Gasteiger charge is -2.37. The van der Waals surface area contributed by atoms with Gasteiger partial charge in [-0.1, -0.05) is 13.8 Å². The van der Waals surface area contributed by atoms with E-state index in [9.17, 15) is 13.6 Å². The minimum absolute atomic E-state index is 0.0640. The van der Waals surface area contributed by atoms with Crippen LogP contribution < -0.4 is 0 Å². The van der Waals surface area contributed by atoms with Crippen molar-refractivity contribution in [2.45, 2.75) is 39.0 Å². The highest BCUT2D eigenvalue weighted by Gasteiger charge is 2.53. The van der Waals surface area contributed by atoms with E-state index in [1.54, 1.807) is 6.92 Å². The molecule has 1 N–H and O–H groups in total. The molecule has 0 aliphatic heterocycles. The summed E-state index contributed by atoms with van der Waals surface area (Å²) < 4.78 is 26.8. The topological polar surface area (TPSA) is 37.3 Å². The Hall–Kier alpha value is -0.510. The first-order valence-electron chi connectivity index (χ1n) is 5.77. The van der Waals surface area contributed by atoms with E-state index >= 15 is 0 Å². The van der Waals surface area contributed by atoms with E-state index in [1.165, 1.54) is 0 Å². The van der Waals surface area contributed by atoms with Crippen molar-refractivity contribution < 1.29 is 18.7 Å². The number of carbonyl (C=O) groups excluding carboxylic acids is 1. The van der Waals surface area contributed by atoms with E-state index in [4.69, 9.17) is 5.11 Å². The molecular weight excluding hydrogens is 214 g/mol. The average molecular weight is 234 g/mol. The number of hydrogen-bond acceptors (Lipinski definition) is 2. The maximum atomic E-state index is 13.4. The lowest BCUT2D eigenvalue weighted by atomic mass is 9.72. The highest BCUT2D eigenvalue weighted by molar-refractivity contribution is 5.84. The van der Waals surface area contributed by atoms with Crippen LogP contribution >= 0.6 is 0 Å². The number of ketones is 1. The van der Waals surface area contributed by atoms with Crippen LogP contribution in [0.5, 0.6) is 0 Å². The summed E-state index contributed by atoms with van der Waals surface area (Å²) in [5, 5.41) is 7.00. The van der Waals surface area contributed by atoms with Crippen molar-refractivity contribution >= 4 is 5.78 Å². The molecule has 2 aliphatic carbocycles. The van der Waals surface area contributed by atoms with Crippen molar-refractivity contribution in [1.82, 2.24) is 0 Å². The number of aliphatic hydroxyl groups is 1. The van der Waals surface area contributed by atoms with Crippen molar-refractivity contribution in [3.63, 3.8) is 0 Å². The van der Waals surface area contributed by atoms with Gasteiger partial charge in [-0.2, -0.15) is 0 Å². The molecule has 0 saturated heterocycles. The van der Waals surface area contributed by atoms with Gasteiger partial charge in [0, 0.05) is 31.8 Å². The number of carbonyl (C=O) groups is 1. The van der Waals surface area contributed by atoms with E-state index in [0.717, 1.165) is 7.11 Å². The minimum Gasteiger partial charge on any atom is -0.400 e. The highest BCUT2D eigenvalue weighted by Crippen LogP contribution is 2.51. The van der Waals surface area contributed by atoms with Crippen LogP contribution in [0, 0.1) is 23.7 Å². The van der Waals surface area contributed by atoms with Crippen LogP contribution in [0.15, 0.2) is 0 Å². The second-order valence-corrected chi connectivity index (χ2v) is 5.02. The van der Waals surface area contributed by atoms with E-state index in [-0.39, 0.29) is 24.0 Å². The van der Waals surface area contributed by atoms with E-state index < -0.39 is 11.8 Å². The van der Waals surface area contributed by atoms with Crippen LogP contribution in [0.1, 0.15) is 33.1 Å². The van der Waals surface area contributed by atoms with Crippen molar-refractivity contribution in [3.05, 3.63) is 0 Å². The third-order valence-electron chi connectivity index (χ3n) is 4.02. The van der Waals surface area contributed by atoms with Crippen LogP contribution in [-0.4, -0.2) is 23.9 Å². The van der Waals surface area contributed by atoms with Crippen LogP contribution in [0.2, 0.25) is 0 Å². The predicted molar refractivity (Wildman–Crippen MR) is 57.3 cm³/mol. The molecule has 2 rings (SSSR count). The summed E-state index contributed by atoms with van der Waals surface area (Å²) in [5.74, 6) is -2.94. The molecule has 0 spiro atoms. The first-order chi connectivity index (χ1) is 7.42. The maximum absolute atomic E-state index is 13.4. The largest absolute Gasteiger partial charge is 0.400 e. The van der Waals surface area contributed by atoms with E-state index in [2.05, 4.69) is 0 Å². The summed E-state index contributed by atoms with van der Waals surface area (Å²) in [7, 11) is 1.00. The normalized spacial score (nSPS) is 41.0. The number of fused-ring (bicyclic) bond motifs is 1. The molecule has 2 saturated carbocycles. The fourth-order valence-electron chi connectivity index (χ4n) is 2.99. The van der Waals surface area contributed by atoms with E-state index in [0.29, 0.717) is 18.8 Å². The van der Waals surface area contributed by atoms with Crippen molar-refractivity contribution in [2.75, 3.05) is 7.11 Å². The zero-order valence-corrected chi connectivity index (χ0v) is 10.0. The van der Waals surface area contributed by atoms with Gasteiger partial charge in [0.05, 0.1) is 0 Å². The molecule has 0 aromatic rings. The molecule has 2 aliphatic rings. The maximum Gasteiger partial charge on any atom is 0.251 e. The molecule has 94 valence electrons. The minimum atomic E-state index is -2.62. The van der Waals surface area contributed by atoms with Gasteiger partial charge in [-0.05, 0) is 18.3 Å². The third-order valence-corrected chi connectivity index (χ3v) is 4.02. The molecule has 0 aromatic carbocycles. The van der Waals surface area contributed by atoms with Crippen LogP contribution in [0.4, 0.5) is 8.78 Å². The van der Waals surface area contributed by atoms with Gasteiger partial charge in [0.15, 0.2) is 0 Å². The number of aliphatic hydroxyl groups excluding tert-OH is 1. The Morgan fingerprint density at radius 2 is 1.88 bits per heavy atom. The average Bonchev–Trinajstić information content (AvgIpc) is 2.47. The lowest BCUT2D eigenvalue weighted by molar-refractivity contribution is -0.136. The standard InChI is InChI=1S/C11H16F2O.CH4O/c1-6-3-10(14)9-5-11(12,13)7(2)4-8(6)9;1-2/h6-9H,3-5H2,1-2H3;2H,1H3. The van der Waals surface area contributed by atoms with Gasteiger partial charge >= 0.3 is 0 Å². The van der Waals surface area contributed by atoms with E-state index in [1.807, 2.05) is 6.92 Å². The summed E-state index contributed by atoms with van der Waals surface area (Å²) >= 11 is 0. The second kappa shape index (κ2) is 4.78. The monoisotopic (exact) mass is 234 g/mol. The Morgan fingerprint density at radius 3 is 2.44 bits per heavy atom. The van der Waals surface area contributed by atoms with Gasteiger partial charge in [0.1, 0.15) is 5.78 Å². The summed E-state index contributed by atoms with van der Waals surface area (Å²) in [4.78, 5) is 11.5. The Balaban J connectivity index is 0.000000606. The molecule has 4 heteroatoms. The van der Waals surface area contributed by atoms with Gasteiger partial charge in [-0.25, -0.2) is 8.78 Å². The molecule has 4 unspecified atom stereocenters. The molecule has 16 heavy (non-hydrogen) atoms. The van der Waals surface area contributed by atoms with Crippen molar-refractivity contribution in [3.8, 4) is 0 Å². The highest BCUT2D eigenvalue weighted by atomic mass is 19.3. The Kier molecular flexibility index (Phi) is 4.05. The van der Waals surface area contributed by atoms with Gasteiger partial charge in [-0.3, -0.25) is 4.79 Å². The SMILES string of the molecule is CC1CC(=O)C2CC(F)(F)C(C)CC12.CO. The molecule has 0 bridgehead atoms. The van der Waals surface area contributed by atoms with Crippen LogP contribution in [0.3, 0.4) is 0 Å². The Labute approximate surface area is 95.0 Å². The van der Waals surface area contributed by atoms with Gasteiger partial charge in [0.25, 0.3) is 5.92 Å². The molecule has 2 fully saturated rings. The Morgan fingerprint density at radius 1 is 1.31 bits per heavy atom. The predicted octanol–water partition coefficient (Wildman–Crippen LogP) is 2.50.